The zero-order valence-corrected chi connectivity index (χ0v) is 15.1. The van der Waals surface area contributed by atoms with Gasteiger partial charge in [0.1, 0.15) is 11.5 Å². The van der Waals surface area contributed by atoms with E-state index in [1.54, 1.807) is 54.6 Å². The minimum Gasteiger partial charge on any atom is -0.465 e. The van der Waals surface area contributed by atoms with Gasteiger partial charge in [-0.05, 0) is 30.3 Å². The summed E-state index contributed by atoms with van der Waals surface area (Å²) in [6.45, 7) is 0. The van der Waals surface area contributed by atoms with Crippen molar-refractivity contribution in [2.45, 2.75) is 4.90 Å². The average molecular weight is 384 g/mol. The molecule has 27 heavy (non-hydrogen) atoms. The number of nitrogens with one attached hydrogen (secondary N) is 1. The van der Waals surface area contributed by atoms with Crippen LogP contribution < -0.4 is 4.83 Å². The van der Waals surface area contributed by atoms with Crippen molar-refractivity contribution in [2.24, 2.45) is 5.10 Å². The summed E-state index contributed by atoms with van der Waals surface area (Å²) in [5, 5.41) is 3.72. The first kappa shape index (κ1) is 18.4. The summed E-state index contributed by atoms with van der Waals surface area (Å²) in [5.41, 5.74) is 0.927. The van der Waals surface area contributed by atoms with Crippen molar-refractivity contribution in [3.8, 4) is 11.3 Å². The lowest BCUT2D eigenvalue weighted by molar-refractivity contribution is 0.0601. The van der Waals surface area contributed by atoms with E-state index in [-0.39, 0.29) is 4.90 Å². The molecule has 0 amide bonds. The van der Waals surface area contributed by atoms with Crippen LogP contribution in [-0.2, 0) is 14.8 Å². The van der Waals surface area contributed by atoms with Crippen molar-refractivity contribution < 1.29 is 22.4 Å². The second-order valence-corrected chi connectivity index (χ2v) is 7.07. The molecule has 0 fully saturated rings. The maximum atomic E-state index is 12.1. The minimum absolute atomic E-state index is 0.106. The number of hydrogen-bond acceptors (Lipinski definition) is 6. The van der Waals surface area contributed by atoms with Gasteiger partial charge in [-0.3, -0.25) is 0 Å². The van der Waals surface area contributed by atoms with Gasteiger partial charge >= 0.3 is 5.97 Å². The van der Waals surface area contributed by atoms with Gasteiger partial charge in [-0.15, -0.1) is 0 Å². The normalized spacial score (nSPS) is 11.4. The van der Waals surface area contributed by atoms with E-state index in [1.807, 2.05) is 0 Å². The van der Waals surface area contributed by atoms with E-state index < -0.39 is 16.0 Å². The number of hydrazone groups is 1. The molecular formula is C19H16N2O5S. The van der Waals surface area contributed by atoms with Gasteiger partial charge in [-0.1, -0.05) is 36.4 Å². The van der Waals surface area contributed by atoms with Gasteiger partial charge in [0.2, 0.25) is 0 Å². The molecule has 7 nitrogen and oxygen atoms in total. The SMILES string of the molecule is COC(=O)c1ccccc1-c1ccc(/C=N\NS(=O)(=O)c2ccccc2)o1. The fourth-order valence-electron chi connectivity index (χ4n) is 2.36. The topological polar surface area (TPSA) is 98.0 Å². The van der Waals surface area contributed by atoms with Crippen LogP contribution in [0.15, 0.2) is 81.1 Å². The Morgan fingerprint density at radius 3 is 2.48 bits per heavy atom. The van der Waals surface area contributed by atoms with E-state index in [1.165, 1.54) is 25.5 Å². The molecule has 0 saturated carbocycles. The van der Waals surface area contributed by atoms with E-state index in [0.29, 0.717) is 22.6 Å². The second kappa shape index (κ2) is 7.88. The summed E-state index contributed by atoms with van der Waals surface area (Å²) >= 11 is 0. The lowest BCUT2D eigenvalue weighted by Crippen LogP contribution is -2.18. The van der Waals surface area contributed by atoms with E-state index in [4.69, 9.17) is 9.15 Å². The monoisotopic (exact) mass is 384 g/mol. The van der Waals surface area contributed by atoms with Crippen molar-refractivity contribution in [1.82, 2.24) is 4.83 Å². The smallest absolute Gasteiger partial charge is 0.338 e. The molecule has 1 N–H and O–H groups in total. The maximum Gasteiger partial charge on any atom is 0.338 e. The highest BCUT2D eigenvalue weighted by atomic mass is 32.2. The summed E-state index contributed by atoms with van der Waals surface area (Å²) < 4.78 is 34.6. The standard InChI is InChI=1S/C19H16N2O5S/c1-25-19(22)17-10-6-5-9-16(17)18-12-11-14(26-18)13-20-21-27(23,24)15-7-3-2-4-8-15/h2-13,21H,1H3/b20-13-. The Bertz CT molecular complexity index is 1070. The zero-order chi connectivity index (χ0) is 19.3. The van der Waals surface area contributed by atoms with E-state index in [2.05, 4.69) is 9.93 Å². The highest BCUT2D eigenvalue weighted by molar-refractivity contribution is 7.89. The van der Waals surface area contributed by atoms with Crippen LogP contribution in [0.3, 0.4) is 0 Å². The molecule has 0 bridgehead atoms. The summed E-state index contributed by atoms with van der Waals surface area (Å²) in [4.78, 5) is 14.1. The number of carbonyl (C=O) groups is 1. The maximum absolute atomic E-state index is 12.1. The van der Waals surface area contributed by atoms with Gasteiger partial charge in [-0.25, -0.2) is 4.79 Å². The minimum atomic E-state index is -3.75. The van der Waals surface area contributed by atoms with Gasteiger partial charge < -0.3 is 9.15 Å². The fraction of sp³-hybridized carbons (Fsp3) is 0.0526. The number of esters is 1. The largest absolute Gasteiger partial charge is 0.465 e. The number of rotatable bonds is 6. The number of hydrogen-bond donors (Lipinski definition) is 1. The summed E-state index contributed by atoms with van der Waals surface area (Å²) in [6, 6.07) is 18.0. The number of ether oxygens (including phenoxy) is 1. The average Bonchev–Trinajstić information content (AvgIpc) is 3.16. The molecule has 3 rings (SSSR count). The quantitative estimate of drug-likeness (QED) is 0.400. The highest BCUT2D eigenvalue weighted by Gasteiger charge is 2.15. The van der Waals surface area contributed by atoms with Crippen LogP contribution in [0.2, 0.25) is 0 Å². The van der Waals surface area contributed by atoms with E-state index in [0.717, 1.165) is 0 Å². The molecule has 0 atom stereocenters. The molecular weight excluding hydrogens is 368 g/mol. The number of furan rings is 1. The predicted octanol–water partition coefficient (Wildman–Crippen LogP) is 3.05. The number of methoxy groups -OCH3 is 1. The molecule has 3 aromatic rings. The number of sulfonamides is 1. The Balaban J connectivity index is 1.78. The highest BCUT2D eigenvalue weighted by Crippen LogP contribution is 2.26. The molecule has 1 heterocycles. The predicted molar refractivity (Wildman–Crippen MR) is 99.8 cm³/mol. The van der Waals surface area contributed by atoms with Crippen molar-refractivity contribution in [3.05, 3.63) is 78.1 Å². The first-order valence-corrected chi connectivity index (χ1v) is 9.37. The summed E-state index contributed by atoms with van der Waals surface area (Å²) in [7, 11) is -2.44. The Morgan fingerprint density at radius 1 is 1.04 bits per heavy atom. The van der Waals surface area contributed by atoms with E-state index in [9.17, 15) is 13.2 Å². The Labute approximate surface area is 156 Å². The lowest BCUT2D eigenvalue weighted by atomic mass is 10.1. The number of carbonyl (C=O) groups excluding carboxylic acids is 1. The molecule has 2 aromatic carbocycles. The molecule has 0 saturated heterocycles. The van der Waals surface area contributed by atoms with Gasteiger partial charge in [0.05, 0.1) is 23.8 Å². The summed E-state index contributed by atoms with van der Waals surface area (Å²) in [5.74, 6) is 0.275. The third kappa shape index (κ3) is 4.24. The van der Waals surface area contributed by atoms with Crippen molar-refractivity contribution in [3.63, 3.8) is 0 Å². The molecule has 0 radical (unpaired) electrons. The van der Waals surface area contributed by atoms with Gasteiger partial charge in [-0.2, -0.15) is 18.4 Å². The molecule has 0 aliphatic rings. The third-order valence-electron chi connectivity index (χ3n) is 3.64. The van der Waals surface area contributed by atoms with E-state index >= 15 is 0 Å². The number of benzene rings is 2. The van der Waals surface area contributed by atoms with Crippen LogP contribution in [0, 0.1) is 0 Å². The van der Waals surface area contributed by atoms with Crippen molar-refractivity contribution in [2.75, 3.05) is 7.11 Å². The van der Waals surface area contributed by atoms with Crippen LogP contribution in [0.25, 0.3) is 11.3 Å². The zero-order valence-electron chi connectivity index (χ0n) is 14.3. The molecule has 0 aliphatic heterocycles. The second-order valence-electron chi connectivity index (χ2n) is 5.41. The van der Waals surface area contributed by atoms with Gasteiger partial charge in [0, 0.05) is 5.56 Å². The fourth-order valence-corrected chi connectivity index (χ4v) is 3.18. The van der Waals surface area contributed by atoms with Crippen molar-refractivity contribution >= 4 is 22.2 Å². The molecule has 138 valence electrons. The number of nitrogens with zero attached hydrogens (tertiary/aromatic N) is 1. The van der Waals surface area contributed by atoms with Crippen LogP contribution in [-0.4, -0.2) is 27.7 Å². The van der Waals surface area contributed by atoms with Gasteiger partial charge in [0.15, 0.2) is 0 Å². The van der Waals surface area contributed by atoms with Crippen LogP contribution in [0.1, 0.15) is 16.1 Å². The Morgan fingerprint density at radius 2 is 1.74 bits per heavy atom. The molecule has 0 aliphatic carbocycles. The summed E-state index contributed by atoms with van der Waals surface area (Å²) in [6.07, 6.45) is 1.24. The first-order valence-electron chi connectivity index (χ1n) is 7.89. The Hall–Kier alpha value is -3.39. The van der Waals surface area contributed by atoms with Crippen LogP contribution >= 0.6 is 0 Å². The van der Waals surface area contributed by atoms with Gasteiger partial charge in [0.25, 0.3) is 10.0 Å². The molecule has 1 aromatic heterocycles. The third-order valence-corrected chi connectivity index (χ3v) is 4.88. The van der Waals surface area contributed by atoms with Crippen LogP contribution in [0.4, 0.5) is 0 Å². The molecule has 0 unspecified atom stereocenters. The first-order chi connectivity index (χ1) is 13.0. The van der Waals surface area contributed by atoms with Crippen molar-refractivity contribution in [1.29, 1.82) is 0 Å². The Kier molecular flexibility index (Phi) is 5.37. The van der Waals surface area contributed by atoms with Crippen LogP contribution in [0.5, 0.6) is 0 Å². The molecule has 0 spiro atoms. The molecule has 8 heteroatoms. The lowest BCUT2D eigenvalue weighted by Gasteiger charge is -2.04.